The summed E-state index contributed by atoms with van der Waals surface area (Å²) in [7, 11) is -3.89. The average Bonchev–Trinajstić information content (AvgIpc) is 2.73. The Labute approximate surface area is 205 Å². The van der Waals surface area contributed by atoms with Crippen LogP contribution in [-0.4, -0.2) is 8.42 Å². The lowest BCUT2D eigenvalue weighted by molar-refractivity contribution is 0.596. The molecule has 0 amide bonds. The van der Waals surface area contributed by atoms with E-state index in [9.17, 15) is 8.42 Å². The SMILES string of the molecule is CCCCC=Cc1cc(S(=O)(=O)c2cc(Cl)c(Cl)c(C=CCCCC)c2)cc(Cl)c1Cl. The van der Waals surface area contributed by atoms with Gasteiger partial charge in [0.2, 0.25) is 9.84 Å². The van der Waals surface area contributed by atoms with E-state index in [0.29, 0.717) is 21.2 Å². The molecule has 0 aliphatic carbocycles. The van der Waals surface area contributed by atoms with Crippen LogP contribution in [0.3, 0.4) is 0 Å². The van der Waals surface area contributed by atoms with E-state index in [1.54, 1.807) is 12.2 Å². The van der Waals surface area contributed by atoms with E-state index in [-0.39, 0.29) is 19.8 Å². The molecule has 0 spiro atoms. The zero-order chi connectivity index (χ0) is 23.0. The van der Waals surface area contributed by atoms with E-state index in [2.05, 4.69) is 13.8 Å². The predicted octanol–water partition coefficient (Wildman–Crippen LogP) is 9.54. The second-order valence-corrected chi connectivity index (χ2v) is 10.7. The van der Waals surface area contributed by atoms with Crippen LogP contribution < -0.4 is 0 Å². The van der Waals surface area contributed by atoms with Gasteiger partial charge in [-0.15, -0.1) is 0 Å². The van der Waals surface area contributed by atoms with Gasteiger partial charge in [0.1, 0.15) is 0 Å². The first-order valence-electron chi connectivity index (χ1n) is 10.3. The molecule has 0 bridgehead atoms. The molecule has 2 aromatic rings. The topological polar surface area (TPSA) is 34.1 Å². The van der Waals surface area contributed by atoms with Gasteiger partial charge in [-0.2, -0.15) is 0 Å². The monoisotopic (exact) mass is 518 g/mol. The van der Waals surface area contributed by atoms with Crippen molar-refractivity contribution >= 4 is 68.4 Å². The van der Waals surface area contributed by atoms with Gasteiger partial charge in [-0.3, -0.25) is 0 Å². The van der Waals surface area contributed by atoms with Crippen LogP contribution in [0.4, 0.5) is 0 Å². The Morgan fingerprint density at radius 2 is 1.10 bits per heavy atom. The van der Waals surface area contributed by atoms with Crippen LogP contribution >= 0.6 is 46.4 Å². The highest BCUT2D eigenvalue weighted by Gasteiger charge is 2.22. The Kier molecular flexibility index (Phi) is 10.4. The molecule has 2 aromatic carbocycles. The van der Waals surface area contributed by atoms with Crippen molar-refractivity contribution in [2.75, 3.05) is 0 Å². The molecule has 7 heteroatoms. The van der Waals surface area contributed by atoms with Gasteiger partial charge < -0.3 is 0 Å². The van der Waals surface area contributed by atoms with Crippen molar-refractivity contribution in [1.29, 1.82) is 0 Å². The van der Waals surface area contributed by atoms with Gasteiger partial charge >= 0.3 is 0 Å². The zero-order valence-corrected chi connectivity index (χ0v) is 21.4. The smallest absolute Gasteiger partial charge is 0.206 e. The number of hydrogen-bond acceptors (Lipinski definition) is 2. The minimum Gasteiger partial charge on any atom is -0.219 e. The maximum Gasteiger partial charge on any atom is 0.206 e. The third kappa shape index (κ3) is 7.00. The van der Waals surface area contributed by atoms with Gasteiger partial charge in [0.25, 0.3) is 0 Å². The molecule has 31 heavy (non-hydrogen) atoms. The first-order chi connectivity index (χ1) is 14.7. The largest absolute Gasteiger partial charge is 0.219 e. The van der Waals surface area contributed by atoms with Crippen LogP contribution in [0.1, 0.15) is 63.5 Å². The van der Waals surface area contributed by atoms with Gasteiger partial charge in [0.15, 0.2) is 0 Å². The van der Waals surface area contributed by atoms with Crippen molar-refractivity contribution in [3.8, 4) is 0 Å². The van der Waals surface area contributed by atoms with E-state index in [1.807, 2.05) is 12.2 Å². The number of unbranched alkanes of at least 4 members (excludes halogenated alkanes) is 4. The van der Waals surface area contributed by atoms with Gasteiger partial charge in [-0.1, -0.05) is 110 Å². The molecule has 0 saturated carbocycles. The Bertz CT molecular complexity index is 994. The molecule has 168 valence electrons. The minimum atomic E-state index is -3.89. The second kappa shape index (κ2) is 12.3. The molecule has 0 aliphatic heterocycles. The summed E-state index contributed by atoms with van der Waals surface area (Å²) in [4.78, 5) is 0.104. The van der Waals surface area contributed by atoms with Crippen molar-refractivity contribution in [2.45, 2.75) is 62.2 Å². The molecule has 2 rings (SSSR count). The number of hydrogen-bond donors (Lipinski definition) is 0. The van der Waals surface area contributed by atoms with Crippen molar-refractivity contribution in [2.24, 2.45) is 0 Å². The van der Waals surface area contributed by atoms with Crippen molar-refractivity contribution in [1.82, 2.24) is 0 Å². The molecule has 0 atom stereocenters. The fourth-order valence-electron chi connectivity index (χ4n) is 2.92. The number of sulfone groups is 1. The molecule has 0 unspecified atom stereocenters. The summed E-state index contributed by atoms with van der Waals surface area (Å²) in [6, 6.07) is 5.79. The first-order valence-corrected chi connectivity index (χ1v) is 13.3. The average molecular weight is 520 g/mol. The number of benzene rings is 2. The second-order valence-electron chi connectivity index (χ2n) is 7.21. The van der Waals surface area contributed by atoms with E-state index >= 15 is 0 Å². The highest BCUT2D eigenvalue weighted by molar-refractivity contribution is 7.91. The highest BCUT2D eigenvalue weighted by atomic mass is 35.5. The molecular formula is C24H26Cl4O2S. The van der Waals surface area contributed by atoms with Crippen LogP contribution in [0, 0.1) is 0 Å². The lowest BCUT2D eigenvalue weighted by Gasteiger charge is -2.11. The Balaban J connectivity index is 2.49. The van der Waals surface area contributed by atoms with Gasteiger partial charge in [0.05, 0.1) is 29.9 Å². The third-order valence-corrected chi connectivity index (χ3v) is 8.07. The predicted molar refractivity (Wildman–Crippen MR) is 135 cm³/mol. The van der Waals surface area contributed by atoms with Crippen LogP contribution in [0.25, 0.3) is 12.2 Å². The summed E-state index contributed by atoms with van der Waals surface area (Å²) in [5.74, 6) is 0. The summed E-state index contributed by atoms with van der Waals surface area (Å²) in [5, 5.41) is 0.999. The van der Waals surface area contributed by atoms with E-state index in [4.69, 9.17) is 46.4 Å². The molecule has 0 saturated heterocycles. The van der Waals surface area contributed by atoms with Crippen LogP contribution in [0.5, 0.6) is 0 Å². The number of halogens is 4. The summed E-state index contributed by atoms with van der Waals surface area (Å²) in [6.07, 6.45) is 13.5. The van der Waals surface area contributed by atoms with Crippen LogP contribution in [0.15, 0.2) is 46.2 Å². The summed E-state index contributed by atoms with van der Waals surface area (Å²) >= 11 is 25.1. The fraction of sp³-hybridized carbons (Fsp3) is 0.333. The molecule has 0 heterocycles. The summed E-state index contributed by atoms with van der Waals surface area (Å²) in [6.45, 7) is 4.21. The van der Waals surface area contributed by atoms with E-state index in [1.165, 1.54) is 24.3 Å². The molecule has 0 aromatic heterocycles. The quantitative estimate of drug-likeness (QED) is 0.293. The molecule has 0 N–H and O–H groups in total. The standard InChI is InChI=1S/C24H26Cl4O2S/c1-3-5-7-9-11-17-13-19(15-21(25)23(17)27)31(29,30)20-14-18(12-10-8-6-4-2)24(28)22(26)16-20/h9-16H,3-8H2,1-2H3. The molecule has 0 aliphatic rings. The molecule has 0 radical (unpaired) electrons. The summed E-state index contributed by atoms with van der Waals surface area (Å²) < 4.78 is 26.7. The van der Waals surface area contributed by atoms with Crippen molar-refractivity contribution in [3.05, 3.63) is 67.6 Å². The number of allylic oxidation sites excluding steroid dienone is 2. The van der Waals surface area contributed by atoms with Crippen molar-refractivity contribution in [3.63, 3.8) is 0 Å². The van der Waals surface area contributed by atoms with Crippen LogP contribution in [-0.2, 0) is 9.84 Å². The lowest BCUT2D eigenvalue weighted by Crippen LogP contribution is -2.04. The highest BCUT2D eigenvalue weighted by Crippen LogP contribution is 2.36. The van der Waals surface area contributed by atoms with Gasteiger partial charge in [-0.25, -0.2) is 8.42 Å². The molecular weight excluding hydrogens is 494 g/mol. The maximum absolute atomic E-state index is 13.4. The van der Waals surface area contributed by atoms with Crippen LogP contribution in [0.2, 0.25) is 20.1 Å². The van der Waals surface area contributed by atoms with E-state index in [0.717, 1.165) is 38.5 Å². The van der Waals surface area contributed by atoms with E-state index < -0.39 is 9.84 Å². The molecule has 0 fully saturated rings. The first kappa shape index (κ1) is 26.3. The zero-order valence-electron chi connectivity index (χ0n) is 17.6. The normalized spacial score (nSPS) is 12.3. The number of rotatable bonds is 10. The molecule has 2 nitrogen and oxygen atoms in total. The van der Waals surface area contributed by atoms with Gasteiger partial charge in [-0.05, 0) is 48.2 Å². The minimum absolute atomic E-state index is 0.0522. The van der Waals surface area contributed by atoms with Gasteiger partial charge in [0, 0.05) is 0 Å². The Hall–Kier alpha value is -0.970. The van der Waals surface area contributed by atoms with Crippen molar-refractivity contribution < 1.29 is 8.42 Å². The fourth-order valence-corrected chi connectivity index (χ4v) is 5.23. The Morgan fingerprint density at radius 1 is 0.710 bits per heavy atom. The third-order valence-electron chi connectivity index (χ3n) is 4.72. The Morgan fingerprint density at radius 3 is 1.45 bits per heavy atom. The summed E-state index contributed by atoms with van der Waals surface area (Å²) in [5.41, 5.74) is 1.12. The lowest BCUT2D eigenvalue weighted by atomic mass is 10.1. The maximum atomic E-state index is 13.4.